The van der Waals surface area contributed by atoms with E-state index in [-0.39, 0.29) is 5.92 Å². The first kappa shape index (κ1) is 16.1. The highest BCUT2D eigenvalue weighted by molar-refractivity contribution is 5.58. The molecule has 1 atom stereocenters. The van der Waals surface area contributed by atoms with Gasteiger partial charge in [-0.3, -0.25) is 0 Å². The molecule has 1 unspecified atom stereocenters. The molecule has 0 aliphatic carbocycles. The molecular formula is C23H23N. The van der Waals surface area contributed by atoms with Crippen molar-refractivity contribution >= 4 is 11.8 Å². The summed E-state index contributed by atoms with van der Waals surface area (Å²) in [5, 5.41) is 0. The molecule has 0 aliphatic heterocycles. The number of nitrogens with zero attached hydrogens (tertiary/aromatic N) is 1. The van der Waals surface area contributed by atoms with Gasteiger partial charge in [-0.15, -0.1) is 0 Å². The van der Waals surface area contributed by atoms with Gasteiger partial charge in [0.15, 0.2) is 0 Å². The summed E-state index contributed by atoms with van der Waals surface area (Å²) in [4.78, 5) is 2.12. The van der Waals surface area contributed by atoms with E-state index in [2.05, 4.69) is 104 Å². The number of benzene rings is 3. The average Bonchev–Trinajstić information content (AvgIpc) is 2.64. The monoisotopic (exact) mass is 313 g/mol. The van der Waals surface area contributed by atoms with Crippen LogP contribution in [0, 0.1) is 0 Å². The number of rotatable bonds is 5. The quantitative estimate of drug-likeness (QED) is 0.556. The fourth-order valence-electron chi connectivity index (χ4n) is 3.12. The van der Waals surface area contributed by atoms with E-state index in [9.17, 15) is 0 Å². The smallest absolute Gasteiger partial charge is 0.0361 e. The summed E-state index contributed by atoms with van der Waals surface area (Å²) < 4.78 is 0. The Balaban J connectivity index is 2.14. The summed E-state index contributed by atoms with van der Waals surface area (Å²) in [5.74, 6) is 0.205. The summed E-state index contributed by atoms with van der Waals surface area (Å²) in [6.07, 6.45) is 1.94. The maximum atomic E-state index is 3.99. The maximum Gasteiger partial charge on any atom is 0.0361 e. The predicted molar refractivity (Wildman–Crippen MR) is 105 cm³/mol. The summed E-state index contributed by atoms with van der Waals surface area (Å²) in [5.41, 5.74) is 6.27. The molecule has 0 aliphatic rings. The van der Waals surface area contributed by atoms with Gasteiger partial charge < -0.3 is 4.90 Å². The molecule has 3 aromatic carbocycles. The van der Waals surface area contributed by atoms with Gasteiger partial charge in [0.05, 0.1) is 0 Å². The Hall–Kier alpha value is -2.80. The molecule has 3 aromatic rings. The van der Waals surface area contributed by atoms with Crippen molar-refractivity contribution in [3.8, 4) is 0 Å². The molecule has 0 N–H and O–H groups in total. The van der Waals surface area contributed by atoms with Crippen molar-refractivity contribution in [2.75, 3.05) is 19.0 Å². The fourth-order valence-corrected chi connectivity index (χ4v) is 3.12. The van der Waals surface area contributed by atoms with Crippen LogP contribution in [-0.2, 0) is 0 Å². The highest BCUT2D eigenvalue weighted by atomic mass is 15.1. The third kappa shape index (κ3) is 3.26. The lowest BCUT2D eigenvalue weighted by atomic mass is 9.83. The first-order chi connectivity index (χ1) is 11.7. The minimum atomic E-state index is 0.205. The van der Waals surface area contributed by atoms with Crippen LogP contribution in [-0.4, -0.2) is 14.1 Å². The van der Waals surface area contributed by atoms with Crippen molar-refractivity contribution in [3.63, 3.8) is 0 Å². The Morgan fingerprint density at radius 3 is 1.96 bits per heavy atom. The summed E-state index contributed by atoms with van der Waals surface area (Å²) in [6.45, 7) is 3.99. The Morgan fingerprint density at radius 1 is 0.750 bits per heavy atom. The van der Waals surface area contributed by atoms with E-state index in [4.69, 9.17) is 0 Å². The van der Waals surface area contributed by atoms with Crippen LogP contribution in [0.1, 0.15) is 28.2 Å². The van der Waals surface area contributed by atoms with E-state index in [0.717, 1.165) is 0 Å². The fraction of sp³-hybridized carbons (Fsp3) is 0.130. The van der Waals surface area contributed by atoms with Gasteiger partial charge in [-0.1, -0.05) is 79.4 Å². The van der Waals surface area contributed by atoms with E-state index >= 15 is 0 Å². The van der Waals surface area contributed by atoms with Crippen molar-refractivity contribution in [1.82, 2.24) is 0 Å². The normalized spacial score (nSPS) is 11.8. The Morgan fingerprint density at radius 2 is 1.33 bits per heavy atom. The van der Waals surface area contributed by atoms with E-state index in [1.54, 1.807) is 0 Å². The molecule has 1 nitrogen and oxygen atoms in total. The van der Waals surface area contributed by atoms with Crippen LogP contribution in [0.5, 0.6) is 0 Å². The molecule has 1 heteroatoms. The van der Waals surface area contributed by atoms with Crippen LogP contribution in [0.3, 0.4) is 0 Å². The number of anilines is 1. The van der Waals surface area contributed by atoms with Crippen LogP contribution in [0.15, 0.2) is 85.4 Å². The SMILES string of the molecule is C=Cc1ccccc1C(c1ccccc1)c1ccc(N(C)C)cc1. The highest BCUT2D eigenvalue weighted by Crippen LogP contribution is 2.34. The van der Waals surface area contributed by atoms with Gasteiger partial charge in [0.2, 0.25) is 0 Å². The Kier molecular flexibility index (Phi) is 4.81. The lowest BCUT2D eigenvalue weighted by molar-refractivity contribution is 0.972. The van der Waals surface area contributed by atoms with Crippen LogP contribution in [0.4, 0.5) is 5.69 Å². The molecule has 0 radical (unpaired) electrons. The van der Waals surface area contributed by atoms with Crippen molar-refractivity contribution in [1.29, 1.82) is 0 Å². The van der Waals surface area contributed by atoms with Crippen molar-refractivity contribution in [2.24, 2.45) is 0 Å². The molecule has 0 aromatic heterocycles. The van der Waals surface area contributed by atoms with Gasteiger partial charge in [-0.05, 0) is 34.4 Å². The number of hydrogen-bond acceptors (Lipinski definition) is 1. The molecule has 120 valence electrons. The predicted octanol–water partition coefficient (Wildman–Crippen LogP) is 5.58. The van der Waals surface area contributed by atoms with Crippen molar-refractivity contribution in [2.45, 2.75) is 5.92 Å². The van der Waals surface area contributed by atoms with E-state index < -0.39 is 0 Å². The third-order valence-electron chi connectivity index (χ3n) is 4.40. The zero-order valence-electron chi connectivity index (χ0n) is 14.3. The highest BCUT2D eigenvalue weighted by Gasteiger charge is 2.18. The molecule has 0 heterocycles. The van der Waals surface area contributed by atoms with E-state index in [1.165, 1.54) is 27.9 Å². The molecule has 3 rings (SSSR count). The minimum Gasteiger partial charge on any atom is -0.378 e. The van der Waals surface area contributed by atoms with Crippen LogP contribution >= 0.6 is 0 Å². The maximum absolute atomic E-state index is 3.99. The second-order valence-corrected chi connectivity index (χ2v) is 6.16. The van der Waals surface area contributed by atoms with Crippen LogP contribution < -0.4 is 4.90 Å². The van der Waals surface area contributed by atoms with E-state index in [0.29, 0.717) is 0 Å². The Labute approximate surface area is 144 Å². The molecule has 0 saturated heterocycles. The molecule has 0 saturated carbocycles. The van der Waals surface area contributed by atoms with Crippen LogP contribution in [0.25, 0.3) is 6.08 Å². The standard InChI is InChI=1S/C23H23N/c1-4-18-10-8-9-13-22(18)23(19-11-6-5-7-12-19)20-14-16-21(17-15-20)24(2)3/h4-17,23H,1H2,2-3H3. The molecule has 0 fully saturated rings. The molecule has 0 amide bonds. The lowest BCUT2D eigenvalue weighted by Crippen LogP contribution is -2.09. The molecule has 0 spiro atoms. The molecule has 0 bridgehead atoms. The van der Waals surface area contributed by atoms with Gasteiger partial charge in [-0.2, -0.15) is 0 Å². The average molecular weight is 313 g/mol. The van der Waals surface area contributed by atoms with Crippen molar-refractivity contribution < 1.29 is 0 Å². The summed E-state index contributed by atoms with van der Waals surface area (Å²) in [6, 6.07) is 28.0. The molecule has 24 heavy (non-hydrogen) atoms. The van der Waals surface area contributed by atoms with Gasteiger partial charge in [0, 0.05) is 25.7 Å². The van der Waals surface area contributed by atoms with E-state index in [1.807, 2.05) is 6.08 Å². The minimum absolute atomic E-state index is 0.205. The second kappa shape index (κ2) is 7.18. The zero-order chi connectivity index (χ0) is 16.9. The van der Waals surface area contributed by atoms with Gasteiger partial charge in [0.25, 0.3) is 0 Å². The summed E-state index contributed by atoms with van der Waals surface area (Å²) >= 11 is 0. The summed E-state index contributed by atoms with van der Waals surface area (Å²) in [7, 11) is 4.13. The topological polar surface area (TPSA) is 3.24 Å². The van der Waals surface area contributed by atoms with Crippen molar-refractivity contribution in [3.05, 3.63) is 108 Å². The lowest BCUT2D eigenvalue weighted by Gasteiger charge is -2.22. The first-order valence-corrected chi connectivity index (χ1v) is 8.24. The van der Waals surface area contributed by atoms with Gasteiger partial charge in [0.1, 0.15) is 0 Å². The van der Waals surface area contributed by atoms with Crippen LogP contribution in [0.2, 0.25) is 0 Å². The molecular weight excluding hydrogens is 290 g/mol. The number of hydrogen-bond donors (Lipinski definition) is 0. The Bertz CT molecular complexity index is 801. The zero-order valence-corrected chi connectivity index (χ0v) is 14.3. The third-order valence-corrected chi connectivity index (χ3v) is 4.40. The largest absolute Gasteiger partial charge is 0.378 e. The van der Waals surface area contributed by atoms with Gasteiger partial charge >= 0.3 is 0 Å². The second-order valence-electron chi connectivity index (χ2n) is 6.16. The van der Waals surface area contributed by atoms with Gasteiger partial charge in [-0.25, -0.2) is 0 Å². The first-order valence-electron chi connectivity index (χ1n) is 8.24.